The van der Waals surface area contributed by atoms with Gasteiger partial charge in [0, 0.05) is 23.7 Å². The number of fused-ring (bicyclic) bond motifs is 1. The van der Waals surface area contributed by atoms with Gasteiger partial charge in [-0.2, -0.15) is 0 Å². The van der Waals surface area contributed by atoms with Gasteiger partial charge in [-0.1, -0.05) is 0 Å². The Morgan fingerprint density at radius 2 is 2.22 bits per heavy atom. The topological polar surface area (TPSA) is 66.8 Å². The van der Waals surface area contributed by atoms with E-state index in [9.17, 15) is 14.7 Å². The molecule has 96 valence electrons. The number of esters is 1. The third-order valence-electron chi connectivity index (χ3n) is 2.67. The van der Waals surface area contributed by atoms with Crippen LogP contribution in [0.4, 0.5) is 0 Å². The highest BCUT2D eigenvalue weighted by molar-refractivity contribution is 7.99. The molecule has 1 N–H and O–H groups in total. The zero-order valence-corrected chi connectivity index (χ0v) is 10.7. The normalized spacial score (nSPS) is 14.6. The molecule has 0 unspecified atom stereocenters. The number of carbonyl (C=O) groups is 2. The Hall–Kier alpha value is -1.69. The number of ether oxygens (including phenoxy) is 1. The first-order chi connectivity index (χ1) is 8.61. The third kappa shape index (κ3) is 2.59. The van der Waals surface area contributed by atoms with E-state index in [4.69, 9.17) is 0 Å². The summed E-state index contributed by atoms with van der Waals surface area (Å²) in [6.07, 6.45) is 0. The van der Waals surface area contributed by atoms with E-state index in [0.717, 1.165) is 10.5 Å². The zero-order valence-electron chi connectivity index (χ0n) is 9.88. The van der Waals surface area contributed by atoms with Crippen LogP contribution in [0.25, 0.3) is 0 Å². The number of carbonyl (C=O) groups excluding carboxylic acids is 2. The summed E-state index contributed by atoms with van der Waals surface area (Å²) in [6.45, 7) is 0.790. The number of benzene rings is 1. The first-order valence-corrected chi connectivity index (χ1v) is 6.42. The van der Waals surface area contributed by atoms with Crippen LogP contribution in [0.5, 0.6) is 5.75 Å². The highest BCUT2D eigenvalue weighted by Gasteiger charge is 2.25. The second-order valence-corrected chi connectivity index (χ2v) is 5.00. The molecule has 6 heteroatoms. The molecule has 1 aromatic rings. The number of hydrogen-bond acceptors (Lipinski definition) is 5. The first kappa shape index (κ1) is 12.8. The number of amides is 1. The molecule has 1 aliphatic rings. The Labute approximate surface area is 109 Å². The van der Waals surface area contributed by atoms with Crippen molar-refractivity contribution in [2.75, 3.05) is 19.4 Å². The summed E-state index contributed by atoms with van der Waals surface area (Å²) in [5.74, 6) is -0.639. The van der Waals surface area contributed by atoms with Gasteiger partial charge in [0.15, 0.2) is 0 Å². The summed E-state index contributed by atoms with van der Waals surface area (Å²) in [5, 5.41) is 9.46. The van der Waals surface area contributed by atoms with Gasteiger partial charge in [-0.3, -0.25) is 4.79 Å². The second-order valence-electron chi connectivity index (χ2n) is 3.86. The average molecular weight is 267 g/mol. The number of phenolic OH excluding ortho intramolecular Hbond substituents is 1. The van der Waals surface area contributed by atoms with Crippen molar-refractivity contribution in [2.24, 2.45) is 0 Å². The van der Waals surface area contributed by atoms with Crippen molar-refractivity contribution in [1.82, 2.24) is 4.90 Å². The van der Waals surface area contributed by atoms with Gasteiger partial charge in [-0.25, -0.2) is 4.79 Å². The molecule has 0 aliphatic carbocycles. The highest BCUT2D eigenvalue weighted by Crippen LogP contribution is 2.30. The van der Waals surface area contributed by atoms with Gasteiger partial charge in [0.1, 0.15) is 5.75 Å². The maximum absolute atomic E-state index is 11.8. The van der Waals surface area contributed by atoms with Crippen LogP contribution in [0.15, 0.2) is 23.1 Å². The van der Waals surface area contributed by atoms with Crippen molar-refractivity contribution >= 4 is 23.6 Å². The lowest BCUT2D eigenvalue weighted by atomic mass is 10.2. The van der Waals surface area contributed by atoms with Crippen LogP contribution < -0.4 is 0 Å². The summed E-state index contributed by atoms with van der Waals surface area (Å²) < 4.78 is 4.43. The zero-order chi connectivity index (χ0) is 13.1. The molecule has 0 fully saturated rings. The molecule has 0 aromatic heterocycles. The van der Waals surface area contributed by atoms with Crippen molar-refractivity contribution in [2.45, 2.75) is 11.4 Å². The van der Waals surface area contributed by atoms with Crippen LogP contribution in [0.1, 0.15) is 5.56 Å². The lowest BCUT2D eigenvalue weighted by Crippen LogP contribution is -2.37. The van der Waals surface area contributed by atoms with Crippen molar-refractivity contribution in [3.8, 4) is 5.75 Å². The van der Waals surface area contributed by atoms with E-state index in [1.165, 1.54) is 12.0 Å². The fraction of sp³-hybridized carbons (Fsp3) is 0.333. The van der Waals surface area contributed by atoms with E-state index in [0.29, 0.717) is 18.8 Å². The predicted molar refractivity (Wildman–Crippen MR) is 66.3 cm³/mol. The van der Waals surface area contributed by atoms with Crippen LogP contribution >= 0.6 is 11.8 Å². The molecule has 0 saturated heterocycles. The lowest BCUT2D eigenvalue weighted by molar-refractivity contribution is -0.158. The van der Waals surface area contributed by atoms with Crippen LogP contribution in [0.2, 0.25) is 0 Å². The predicted octanol–water partition coefficient (Wildman–Crippen LogP) is 0.999. The Morgan fingerprint density at radius 1 is 1.44 bits per heavy atom. The molecule has 0 saturated carbocycles. The summed E-state index contributed by atoms with van der Waals surface area (Å²) in [6, 6.07) is 5.05. The third-order valence-corrected chi connectivity index (χ3v) is 3.77. The summed E-state index contributed by atoms with van der Waals surface area (Å²) in [7, 11) is 1.19. The van der Waals surface area contributed by atoms with Crippen molar-refractivity contribution < 1.29 is 19.4 Å². The van der Waals surface area contributed by atoms with Gasteiger partial charge in [-0.15, -0.1) is 11.8 Å². The average Bonchev–Trinajstić information content (AvgIpc) is 2.58. The standard InChI is InChI=1S/C12H13NO4S/c1-17-12(16)11(15)13-4-5-18-10-3-2-9(14)6-8(10)7-13/h2-3,6,14H,4-5,7H2,1H3. The van der Waals surface area contributed by atoms with Gasteiger partial charge in [0.2, 0.25) is 0 Å². The molecular formula is C12H13NO4S. The molecule has 1 aliphatic heterocycles. The van der Waals surface area contributed by atoms with Gasteiger partial charge in [0.25, 0.3) is 0 Å². The monoisotopic (exact) mass is 267 g/mol. The number of methoxy groups -OCH3 is 1. The molecule has 0 bridgehead atoms. The molecular weight excluding hydrogens is 254 g/mol. The van der Waals surface area contributed by atoms with Crippen LogP contribution in [0, 0.1) is 0 Å². The van der Waals surface area contributed by atoms with Crippen LogP contribution in [0.3, 0.4) is 0 Å². The number of phenols is 1. The quantitative estimate of drug-likeness (QED) is 0.561. The number of nitrogens with zero attached hydrogens (tertiary/aromatic N) is 1. The number of thioether (sulfide) groups is 1. The van der Waals surface area contributed by atoms with E-state index in [2.05, 4.69) is 4.74 Å². The van der Waals surface area contributed by atoms with Crippen LogP contribution in [-0.4, -0.2) is 41.3 Å². The molecule has 0 radical (unpaired) electrons. The lowest BCUT2D eigenvalue weighted by Gasteiger charge is -2.18. The SMILES string of the molecule is COC(=O)C(=O)N1CCSc2ccc(O)cc2C1. The number of hydrogen-bond donors (Lipinski definition) is 1. The Balaban J connectivity index is 2.23. The summed E-state index contributed by atoms with van der Waals surface area (Å²) >= 11 is 1.60. The molecule has 5 nitrogen and oxygen atoms in total. The van der Waals surface area contributed by atoms with E-state index >= 15 is 0 Å². The summed E-state index contributed by atoms with van der Waals surface area (Å²) in [4.78, 5) is 25.4. The Morgan fingerprint density at radius 3 is 2.94 bits per heavy atom. The second kappa shape index (κ2) is 5.30. The molecule has 18 heavy (non-hydrogen) atoms. The molecule has 1 amide bonds. The Kier molecular flexibility index (Phi) is 3.76. The Bertz CT molecular complexity index is 489. The largest absolute Gasteiger partial charge is 0.508 e. The van der Waals surface area contributed by atoms with E-state index < -0.39 is 11.9 Å². The minimum atomic E-state index is -0.858. The highest BCUT2D eigenvalue weighted by atomic mass is 32.2. The van der Waals surface area contributed by atoms with Crippen molar-refractivity contribution in [3.05, 3.63) is 23.8 Å². The van der Waals surface area contributed by atoms with Gasteiger partial charge in [-0.05, 0) is 23.8 Å². The van der Waals surface area contributed by atoms with Gasteiger partial charge >= 0.3 is 11.9 Å². The maximum atomic E-state index is 11.8. The van der Waals surface area contributed by atoms with Crippen LogP contribution in [-0.2, 0) is 20.9 Å². The first-order valence-electron chi connectivity index (χ1n) is 5.43. The van der Waals surface area contributed by atoms with Gasteiger partial charge < -0.3 is 14.7 Å². The molecule has 0 spiro atoms. The van der Waals surface area contributed by atoms with E-state index in [1.807, 2.05) is 6.07 Å². The number of rotatable bonds is 0. The van der Waals surface area contributed by atoms with Crippen molar-refractivity contribution in [3.63, 3.8) is 0 Å². The molecule has 2 rings (SSSR count). The fourth-order valence-corrected chi connectivity index (χ4v) is 2.78. The molecule has 1 aromatic carbocycles. The maximum Gasteiger partial charge on any atom is 0.396 e. The van der Waals surface area contributed by atoms with Crippen molar-refractivity contribution in [1.29, 1.82) is 0 Å². The number of aromatic hydroxyl groups is 1. The molecule has 1 heterocycles. The fourth-order valence-electron chi connectivity index (χ4n) is 1.77. The van der Waals surface area contributed by atoms with Gasteiger partial charge in [0.05, 0.1) is 7.11 Å². The molecule has 0 atom stereocenters. The smallest absolute Gasteiger partial charge is 0.396 e. The summed E-state index contributed by atoms with van der Waals surface area (Å²) in [5.41, 5.74) is 0.842. The minimum Gasteiger partial charge on any atom is -0.508 e. The van der Waals surface area contributed by atoms with E-state index in [-0.39, 0.29) is 5.75 Å². The minimum absolute atomic E-state index is 0.154. The van der Waals surface area contributed by atoms with E-state index in [1.54, 1.807) is 23.9 Å².